The third-order valence-electron chi connectivity index (χ3n) is 5.37. The van der Waals surface area contributed by atoms with Crippen LogP contribution in [0.15, 0.2) is 24.3 Å². The van der Waals surface area contributed by atoms with Crippen LogP contribution < -0.4 is 4.90 Å². The number of benzene rings is 1. The van der Waals surface area contributed by atoms with Gasteiger partial charge in [0.15, 0.2) is 5.65 Å². The molecule has 0 spiro atoms. The summed E-state index contributed by atoms with van der Waals surface area (Å²) in [7, 11) is 1.81. The summed E-state index contributed by atoms with van der Waals surface area (Å²) in [5.74, 6) is -0.0770. The smallest absolute Gasteiger partial charge is 0.294 e. The van der Waals surface area contributed by atoms with Crippen LogP contribution in [0.5, 0.6) is 0 Å². The zero-order chi connectivity index (χ0) is 21.6. The van der Waals surface area contributed by atoms with Gasteiger partial charge in [-0.3, -0.25) is 19.6 Å². The van der Waals surface area contributed by atoms with Crippen molar-refractivity contribution in [2.24, 2.45) is 7.05 Å². The standard InChI is InChI=1S/C20H21ClN6O3/c1-12-10-15(18-13(2)23-24(3)19(18)22-12)20(28)26-8-6-25(7-9-26)16-5-4-14(21)11-17(16)27(29)30/h4-5,10-11H,6-9H2,1-3H3. The lowest BCUT2D eigenvalue weighted by atomic mass is 10.1. The van der Waals surface area contributed by atoms with Crippen molar-refractivity contribution in [3.8, 4) is 0 Å². The highest BCUT2D eigenvalue weighted by molar-refractivity contribution is 6.30. The second kappa shape index (κ2) is 7.56. The Bertz CT molecular complexity index is 1170. The topological polar surface area (TPSA) is 97.4 Å². The first-order valence-corrected chi connectivity index (χ1v) is 9.93. The number of hydrogen-bond acceptors (Lipinski definition) is 6. The number of aromatic nitrogens is 3. The number of hydrogen-bond donors (Lipinski definition) is 0. The predicted molar refractivity (Wildman–Crippen MR) is 114 cm³/mol. The van der Waals surface area contributed by atoms with Gasteiger partial charge in [0.1, 0.15) is 5.69 Å². The number of nitro benzene ring substituents is 1. The average molecular weight is 429 g/mol. The van der Waals surface area contributed by atoms with Crippen molar-refractivity contribution >= 4 is 39.9 Å². The molecule has 0 N–H and O–H groups in total. The number of carbonyl (C=O) groups is 1. The molecular formula is C20H21ClN6O3. The summed E-state index contributed by atoms with van der Waals surface area (Å²) in [4.78, 5) is 32.5. The van der Waals surface area contributed by atoms with Gasteiger partial charge in [0.05, 0.1) is 21.6 Å². The average Bonchev–Trinajstić information content (AvgIpc) is 3.00. The van der Waals surface area contributed by atoms with Gasteiger partial charge in [-0.1, -0.05) is 11.6 Å². The number of carbonyl (C=O) groups excluding carboxylic acids is 1. The Morgan fingerprint density at radius 1 is 1.17 bits per heavy atom. The summed E-state index contributed by atoms with van der Waals surface area (Å²) in [6.07, 6.45) is 0. The zero-order valence-corrected chi connectivity index (χ0v) is 17.7. The summed E-state index contributed by atoms with van der Waals surface area (Å²) < 4.78 is 1.69. The Kier molecular flexibility index (Phi) is 5.07. The molecule has 156 valence electrons. The van der Waals surface area contributed by atoms with E-state index in [4.69, 9.17) is 11.6 Å². The van der Waals surface area contributed by atoms with Gasteiger partial charge in [0.2, 0.25) is 0 Å². The van der Waals surface area contributed by atoms with Gasteiger partial charge in [0.25, 0.3) is 11.6 Å². The molecule has 1 fully saturated rings. The SMILES string of the molecule is Cc1cc(C(=O)N2CCN(c3ccc(Cl)cc3[N+](=O)[O-])CC2)c2c(C)nn(C)c2n1. The van der Waals surface area contributed by atoms with E-state index < -0.39 is 4.92 Å². The molecule has 0 atom stereocenters. The van der Waals surface area contributed by atoms with Crippen molar-refractivity contribution in [1.29, 1.82) is 0 Å². The minimum Gasteiger partial charge on any atom is -0.362 e. The lowest BCUT2D eigenvalue weighted by Gasteiger charge is -2.36. The highest BCUT2D eigenvalue weighted by Crippen LogP contribution is 2.32. The van der Waals surface area contributed by atoms with Crippen LogP contribution in [0.1, 0.15) is 21.7 Å². The van der Waals surface area contributed by atoms with Crippen molar-refractivity contribution in [2.45, 2.75) is 13.8 Å². The molecule has 2 aromatic heterocycles. The Labute approximate surface area is 178 Å². The first-order valence-electron chi connectivity index (χ1n) is 9.55. The molecule has 1 aliphatic rings. The van der Waals surface area contributed by atoms with Crippen LogP contribution >= 0.6 is 11.6 Å². The highest BCUT2D eigenvalue weighted by Gasteiger charge is 2.28. The molecule has 0 radical (unpaired) electrons. The van der Waals surface area contributed by atoms with E-state index in [1.54, 1.807) is 27.8 Å². The third-order valence-corrected chi connectivity index (χ3v) is 5.60. The summed E-state index contributed by atoms with van der Waals surface area (Å²) in [6.45, 7) is 5.63. The van der Waals surface area contributed by atoms with Crippen molar-refractivity contribution in [1.82, 2.24) is 19.7 Å². The Balaban J connectivity index is 1.58. The number of aryl methyl sites for hydroxylation is 3. The van der Waals surface area contributed by atoms with Crippen LogP contribution in [-0.2, 0) is 7.05 Å². The van der Waals surface area contributed by atoms with Crippen LogP contribution in [-0.4, -0.2) is 56.7 Å². The molecule has 0 saturated carbocycles. The summed E-state index contributed by atoms with van der Waals surface area (Å²) in [5.41, 5.74) is 3.28. The molecule has 1 aromatic carbocycles. The molecule has 3 aromatic rings. The Morgan fingerprint density at radius 3 is 2.53 bits per heavy atom. The van der Waals surface area contributed by atoms with Crippen molar-refractivity contribution in [3.63, 3.8) is 0 Å². The Hall–Kier alpha value is -3.20. The molecule has 9 nitrogen and oxygen atoms in total. The summed E-state index contributed by atoms with van der Waals surface area (Å²) in [6, 6.07) is 6.46. The van der Waals surface area contributed by atoms with E-state index in [-0.39, 0.29) is 11.6 Å². The Morgan fingerprint density at radius 2 is 1.87 bits per heavy atom. The van der Waals surface area contributed by atoms with E-state index in [0.717, 1.165) is 16.8 Å². The number of amides is 1. The van der Waals surface area contributed by atoms with E-state index in [9.17, 15) is 14.9 Å². The van der Waals surface area contributed by atoms with Crippen LogP contribution in [0, 0.1) is 24.0 Å². The second-order valence-corrected chi connectivity index (χ2v) is 7.82. The number of nitrogens with zero attached hydrogens (tertiary/aromatic N) is 6. The molecule has 1 saturated heterocycles. The van der Waals surface area contributed by atoms with Crippen LogP contribution in [0.3, 0.4) is 0 Å². The van der Waals surface area contributed by atoms with E-state index in [2.05, 4.69) is 10.1 Å². The molecule has 0 bridgehead atoms. The number of fused-ring (bicyclic) bond motifs is 1. The monoisotopic (exact) mass is 428 g/mol. The van der Waals surface area contributed by atoms with Gasteiger partial charge in [-0.15, -0.1) is 0 Å². The number of piperazine rings is 1. The maximum Gasteiger partial charge on any atom is 0.294 e. The van der Waals surface area contributed by atoms with Gasteiger partial charge in [-0.05, 0) is 32.0 Å². The van der Waals surface area contributed by atoms with E-state index in [1.165, 1.54) is 6.07 Å². The molecule has 30 heavy (non-hydrogen) atoms. The number of nitro groups is 1. The zero-order valence-electron chi connectivity index (χ0n) is 16.9. The van der Waals surface area contributed by atoms with Crippen molar-refractivity contribution in [3.05, 3.63) is 56.4 Å². The van der Waals surface area contributed by atoms with Gasteiger partial charge in [-0.2, -0.15) is 5.10 Å². The maximum atomic E-state index is 13.3. The first-order chi connectivity index (χ1) is 14.3. The van der Waals surface area contributed by atoms with Crippen LogP contribution in [0.4, 0.5) is 11.4 Å². The highest BCUT2D eigenvalue weighted by atomic mass is 35.5. The van der Waals surface area contributed by atoms with E-state index in [0.29, 0.717) is 48.1 Å². The van der Waals surface area contributed by atoms with Crippen molar-refractivity contribution < 1.29 is 9.72 Å². The molecular weight excluding hydrogens is 408 g/mol. The molecule has 0 unspecified atom stereocenters. The number of pyridine rings is 1. The third kappa shape index (κ3) is 3.45. The predicted octanol–water partition coefficient (Wildman–Crippen LogP) is 3.11. The van der Waals surface area contributed by atoms with Crippen LogP contribution in [0.2, 0.25) is 5.02 Å². The fourth-order valence-electron chi connectivity index (χ4n) is 3.97. The molecule has 1 aliphatic heterocycles. The van der Waals surface area contributed by atoms with Crippen molar-refractivity contribution in [2.75, 3.05) is 31.1 Å². The van der Waals surface area contributed by atoms with E-state index >= 15 is 0 Å². The number of halogens is 1. The molecule has 3 heterocycles. The lowest BCUT2D eigenvalue weighted by Crippen LogP contribution is -2.49. The first kappa shape index (κ1) is 20.1. The van der Waals surface area contributed by atoms with Gasteiger partial charge in [-0.25, -0.2) is 4.98 Å². The number of anilines is 1. The largest absolute Gasteiger partial charge is 0.362 e. The fraction of sp³-hybridized carbons (Fsp3) is 0.350. The summed E-state index contributed by atoms with van der Waals surface area (Å²) >= 11 is 5.92. The minimum absolute atomic E-state index is 0.0280. The minimum atomic E-state index is -0.430. The van der Waals surface area contributed by atoms with Gasteiger partial charge >= 0.3 is 0 Å². The molecule has 10 heteroatoms. The fourth-order valence-corrected chi connectivity index (χ4v) is 4.14. The second-order valence-electron chi connectivity index (χ2n) is 7.39. The summed E-state index contributed by atoms with van der Waals surface area (Å²) in [5, 5.41) is 16.9. The lowest BCUT2D eigenvalue weighted by molar-refractivity contribution is -0.384. The molecule has 4 rings (SSSR count). The van der Waals surface area contributed by atoms with Crippen LogP contribution in [0.25, 0.3) is 11.0 Å². The van der Waals surface area contributed by atoms with E-state index in [1.807, 2.05) is 25.8 Å². The molecule has 1 amide bonds. The molecule has 0 aliphatic carbocycles. The quantitative estimate of drug-likeness (QED) is 0.469. The normalized spacial score (nSPS) is 14.4. The maximum absolute atomic E-state index is 13.3. The number of rotatable bonds is 3. The van der Waals surface area contributed by atoms with Gasteiger partial charge < -0.3 is 9.80 Å². The van der Waals surface area contributed by atoms with Gasteiger partial charge in [0, 0.05) is 50.0 Å².